The Bertz CT molecular complexity index is 939. The zero-order chi connectivity index (χ0) is 24.1. The van der Waals surface area contributed by atoms with Crippen LogP contribution in [0.5, 0.6) is 0 Å². The molecule has 0 aromatic carbocycles. The third kappa shape index (κ3) is 6.50. The van der Waals surface area contributed by atoms with Gasteiger partial charge in [-0.15, -0.1) is 11.3 Å². The molecular formula is C23H36N4O5S2. The van der Waals surface area contributed by atoms with Crippen LogP contribution in [0.3, 0.4) is 0 Å². The number of carboxylic acid groups (broad SMARTS) is 1. The Morgan fingerprint density at radius 3 is 2.62 bits per heavy atom. The van der Waals surface area contributed by atoms with E-state index < -0.39 is 28.2 Å². The van der Waals surface area contributed by atoms with E-state index in [4.69, 9.17) is 0 Å². The summed E-state index contributed by atoms with van der Waals surface area (Å²) in [5, 5.41) is 15.3. The minimum atomic E-state index is -4.11. The molecule has 4 rings (SSSR count). The number of nitrogens with zero attached hydrogens (tertiary/aromatic N) is 2. The summed E-state index contributed by atoms with van der Waals surface area (Å²) in [5.74, 6) is 0.796. The van der Waals surface area contributed by atoms with Crippen LogP contribution >= 0.6 is 11.3 Å². The molecule has 1 aromatic heterocycles. The Hall–Kier alpha value is -1.69. The second-order valence-corrected chi connectivity index (χ2v) is 12.7. The number of carbonyl (C=O) groups is 2. The van der Waals surface area contributed by atoms with Gasteiger partial charge in [-0.25, -0.2) is 27.6 Å². The van der Waals surface area contributed by atoms with Gasteiger partial charge in [0.2, 0.25) is 0 Å². The van der Waals surface area contributed by atoms with Crippen LogP contribution in [0, 0.1) is 5.92 Å². The van der Waals surface area contributed by atoms with Gasteiger partial charge < -0.3 is 10.4 Å². The van der Waals surface area contributed by atoms with E-state index in [0.29, 0.717) is 29.9 Å². The van der Waals surface area contributed by atoms with Gasteiger partial charge in [0.25, 0.3) is 10.0 Å². The molecule has 3 N–H and O–H groups in total. The highest BCUT2D eigenvalue weighted by atomic mass is 32.2. The summed E-state index contributed by atoms with van der Waals surface area (Å²) >= 11 is 0.981. The summed E-state index contributed by atoms with van der Waals surface area (Å²) < 4.78 is 27.1. The molecule has 3 amide bonds. The monoisotopic (exact) mass is 512 g/mol. The quantitative estimate of drug-likeness (QED) is 0.565. The average Bonchev–Trinajstić information content (AvgIpc) is 3.15. The number of rotatable bonds is 3. The molecule has 1 saturated carbocycles. The highest BCUT2D eigenvalue weighted by Gasteiger charge is 2.39. The molecule has 1 aromatic rings. The number of hydrogen-bond acceptors (Lipinski definition) is 7. The normalized spacial score (nSPS) is 29.2. The number of sulfonamides is 1. The number of imide groups is 1. The lowest BCUT2D eigenvalue weighted by molar-refractivity contribution is 0.111. The van der Waals surface area contributed by atoms with Crippen molar-refractivity contribution in [2.75, 3.05) is 19.6 Å². The molecule has 2 aliphatic heterocycles. The van der Waals surface area contributed by atoms with Crippen molar-refractivity contribution in [1.82, 2.24) is 19.8 Å². The van der Waals surface area contributed by atoms with Gasteiger partial charge in [-0.05, 0) is 56.0 Å². The fourth-order valence-electron chi connectivity index (χ4n) is 5.40. The van der Waals surface area contributed by atoms with Gasteiger partial charge in [0.1, 0.15) is 4.21 Å². The zero-order valence-electron chi connectivity index (χ0n) is 19.5. The topological polar surface area (TPSA) is 119 Å². The van der Waals surface area contributed by atoms with Crippen LogP contribution in [0.4, 0.5) is 9.59 Å². The number of amides is 3. The fraction of sp³-hybridized carbons (Fsp3) is 0.739. The Labute approximate surface area is 205 Å². The summed E-state index contributed by atoms with van der Waals surface area (Å²) in [7, 11) is -4.11. The van der Waals surface area contributed by atoms with Crippen LogP contribution < -0.4 is 10.0 Å². The van der Waals surface area contributed by atoms with Gasteiger partial charge in [0, 0.05) is 25.2 Å². The van der Waals surface area contributed by atoms with Gasteiger partial charge in [-0.2, -0.15) is 0 Å². The fourth-order valence-corrected chi connectivity index (χ4v) is 7.33. The molecule has 190 valence electrons. The van der Waals surface area contributed by atoms with E-state index in [2.05, 4.69) is 10.2 Å². The summed E-state index contributed by atoms with van der Waals surface area (Å²) in [6.07, 6.45) is 9.00. The summed E-state index contributed by atoms with van der Waals surface area (Å²) in [6.45, 7) is 2.17. The molecule has 4 unspecified atom stereocenters. The zero-order valence-corrected chi connectivity index (χ0v) is 21.2. The highest BCUT2D eigenvalue weighted by Crippen LogP contribution is 2.36. The first kappa shape index (κ1) is 25.4. The summed E-state index contributed by atoms with van der Waals surface area (Å²) in [6, 6.07) is 2.18. The van der Waals surface area contributed by atoms with Crippen LogP contribution in [0.25, 0.3) is 0 Å². The Morgan fingerprint density at radius 1 is 1.12 bits per heavy atom. The number of carbonyl (C=O) groups excluding carboxylic acids is 1. The number of thiophene rings is 1. The molecule has 2 saturated heterocycles. The number of fused-ring (bicyclic) bond motifs is 2. The molecule has 0 bridgehead atoms. The van der Waals surface area contributed by atoms with Crippen molar-refractivity contribution in [1.29, 1.82) is 0 Å². The molecular weight excluding hydrogens is 476 g/mol. The maximum atomic E-state index is 13.0. The Morgan fingerprint density at radius 2 is 1.88 bits per heavy atom. The van der Waals surface area contributed by atoms with E-state index in [0.717, 1.165) is 62.4 Å². The molecule has 11 heteroatoms. The molecule has 0 radical (unpaired) electrons. The lowest BCUT2D eigenvalue weighted by Gasteiger charge is -2.34. The van der Waals surface area contributed by atoms with Gasteiger partial charge in [-0.3, -0.25) is 4.90 Å². The van der Waals surface area contributed by atoms with Gasteiger partial charge in [0.15, 0.2) is 0 Å². The summed E-state index contributed by atoms with van der Waals surface area (Å²) in [4.78, 5) is 28.2. The minimum absolute atomic E-state index is 0.0164. The van der Waals surface area contributed by atoms with Crippen molar-refractivity contribution in [2.45, 2.75) is 86.5 Å². The first-order chi connectivity index (χ1) is 16.3. The van der Waals surface area contributed by atoms with Crippen LogP contribution in [0.2, 0.25) is 0 Å². The molecule has 3 fully saturated rings. The van der Waals surface area contributed by atoms with E-state index >= 15 is 0 Å². The van der Waals surface area contributed by atoms with E-state index in [9.17, 15) is 23.1 Å². The lowest BCUT2D eigenvalue weighted by atomic mass is 10.0. The first-order valence-corrected chi connectivity index (χ1v) is 14.8. The highest BCUT2D eigenvalue weighted by molar-refractivity contribution is 7.92. The van der Waals surface area contributed by atoms with Crippen molar-refractivity contribution in [3.05, 3.63) is 17.5 Å². The molecule has 1 aliphatic carbocycles. The third-order valence-electron chi connectivity index (χ3n) is 7.37. The Balaban J connectivity index is 1.49. The van der Waals surface area contributed by atoms with E-state index in [1.807, 2.05) is 4.72 Å². The number of urea groups is 1. The third-order valence-corrected chi connectivity index (χ3v) is 10.1. The van der Waals surface area contributed by atoms with E-state index in [-0.39, 0.29) is 4.21 Å². The smallest absolute Gasteiger partial charge is 0.415 e. The van der Waals surface area contributed by atoms with Crippen LogP contribution in [-0.2, 0) is 10.0 Å². The van der Waals surface area contributed by atoms with Gasteiger partial charge >= 0.3 is 12.1 Å². The van der Waals surface area contributed by atoms with E-state index in [1.165, 1.54) is 31.7 Å². The lowest BCUT2D eigenvalue weighted by Crippen LogP contribution is -2.55. The first-order valence-electron chi connectivity index (χ1n) is 12.4. The van der Waals surface area contributed by atoms with E-state index in [1.54, 1.807) is 11.4 Å². The number of hydrogen-bond donors (Lipinski definition) is 3. The standard InChI is InChI=1S/C23H36N4O5S2/c28-22(25-34(31,32)21-11-7-13-33-21)27(23(29)30)19-9-5-3-1-2-4-8-17-14-20(17)24-15-18-10-6-12-26(18)16-19/h7,11,13,17-20,24H,1-6,8-10,12,14-16H2,(H,25,28)(H,29,30). The Kier molecular flexibility index (Phi) is 8.49. The number of nitrogens with one attached hydrogen (secondary N) is 2. The van der Waals surface area contributed by atoms with Crippen molar-refractivity contribution >= 4 is 33.5 Å². The second kappa shape index (κ2) is 11.4. The molecule has 3 heterocycles. The van der Waals surface area contributed by atoms with Crippen LogP contribution in [-0.4, -0.2) is 73.2 Å². The molecule has 4 atom stereocenters. The molecule has 9 nitrogen and oxygen atoms in total. The molecule has 3 aliphatic rings. The summed E-state index contributed by atoms with van der Waals surface area (Å²) in [5.41, 5.74) is 0. The minimum Gasteiger partial charge on any atom is -0.465 e. The van der Waals surface area contributed by atoms with Crippen molar-refractivity contribution in [3.8, 4) is 0 Å². The van der Waals surface area contributed by atoms with Crippen molar-refractivity contribution < 1.29 is 23.1 Å². The maximum Gasteiger partial charge on any atom is 0.415 e. The van der Waals surface area contributed by atoms with Crippen molar-refractivity contribution in [3.63, 3.8) is 0 Å². The van der Waals surface area contributed by atoms with Crippen molar-refractivity contribution in [2.24, 2.45) is 5.92 Å². The predicted octanol–water partition coefficient (Wildman–Crippen LogP) is 3.68. The molecule has 0 spiro atoms. The van der Waals surface area contributed by atoms with Crippen LogP contribution in [0.15, 0.2) is 21.7 Å². The SMILES string of the molecule is O=C(O)N(C(=O)NS(=O)(=O)c1cccs1)C1CCCCCCCC2CC2NCC2CCCN2C1. The predicted molar refractivity (Wildman–Crippen MR) is 131 cm³/mol. The maximum absolute atomic E-state index is 13.0. The molecule has 34 heavy (non-hydrogen) atoms. The second-order valence-electron chi connectivity index (χ2n) is 9.80. The largest absolute Gasteiger partial charge is 0.465 e. The van der Waals surface area contributed by atoms with Gasteiger partial charge in [-0.1, -0.05) is 38.2 Å². The average molecular weight is 513 g/mol. The van der Waals surface area contributed by atoms with Gasteiger partial charge in [0.05, 0.1) is 6.04 Å². The van der Waals surface area contributed by atoms with Crippen LogP contribution in [0.1, 0.15) is 64.2 Å².